The molecule has 2 atom stereocenters. The summed E-state index contributed by atoms with van der Waals surface area (Å²) in [6, 6.07) is 4.22. The molecule has 0 radical (unpaired) electrons. The predicted molar refractivity (Wildman–Crippen MR) is 57.7 cm³/mol. The number of esters is 1. The van der Waals surface area contributed by atoms with Crippen molar-refractivity contribution in [3.8, 4) is 5.75 Å². The molecule has 0 aromatic heterocycles. The lowest BCUT2D eigenvalue weighted by atomic mass is 9.95. The minimum atomic E-state index is -1.09. The van der Waals surface area contributed by atoms with E-state index in [0.29, 0.717) is 5.56 Å². The highest BCUT2D eigenvalue weighted by Gasteiger charge is 2.41. The zero-order valence-electron chi connectivity index (χ0n) is 8.59. The molecule has 90 valence electrons. The zero-order valence-corrected chi connectivity index (χ0v) is 9.35. The van der Waals surface area contributed by atoms with E-state index in [4.69, 9.17) is 21.4 Å². The summed E-state index contributed by atoms with van der Waals surface area (Å²) in [7, 11) is 0. The molecule has 2 rings (SSSR count). The Morgan fingerprint density at radius 2 is 2.18 bits per heavy atom. The van der Waals surface area contributed by atoms with Crippen molar-refractivity contribution in [2.24, 2.45) is 5.92 Å². The molecule has 1 fully saturated rings. The number of halogens is 1. The average molecular weight is 257 g/mol. The number of rotatable bonds is 2. The number of phenolic OH excluding ortho intramolecular Hbond substituents is 1. The Balaban J connectivity index is 2.34. The third kappa shape index (κ3) is 2.19. The number of hydrogen-bond acceptors (Lipinski definition) is 4. The maximum atomic E-state index is 11.1. The van der Waals surface area contributed by atoms with Gasteiger partial charge in [-0.25, -0.2) is 0 Å². The summed E-state index contributed by atoms with van der Waals surface area (Å²) in [5.41, 5.74) is 0.464. The molecule has 0 bridgehead atoms. The third-order valence-electron chi connectivity index (χ3n) is 2.63. The van der Waals surface area contributed by atoms with Crippen LogP contribution in [0.2, 0.25) is 5.02 Å². The first kappa shape index (κ1) is 11.7. The quantitative estimate of drug-likeness (QED) is 0.788. The lowest BCUT2D eigenvalue weighted by Crippen LogP contribution is -2.17. The van der Waals surface area contributed by atoms with Gasteiger partial charge in [0, 0.05) is 0 Å². The molecule has 0 unspecified atom stereocenters. The van der Waals surface area contributed by atoms with E-state index in [1.807, 2.05) is 0 Å². The minimum Gasteiger partial charge on any atom is -0.506 e. The number of aliphatic carboxylic acids is 1. The molecule has 1 aromatic rings. The number of hydrogen-bond donors (Lipinski definition) is 2. The second-order valence-corrected chi connectivity index (χ2v) is 4.18. The molecule has 1 saturated heterocycles. The van der Waals surface area contributed by atoms with Crippen molar-refractivity contribution in [3.63, 3.8) is 0 Å². The first-order chi connectivity index (χ1) is 7.99. The molecule has 1 aliphatic rings. The fraction of sp³-hybridized carbons (Fsp3) is 0.273. The summed E-state index contributed by atoms with van der Waals surface area (Å²) in [6.45, 7) is 0. The maximum absolute atomic E-state index is 11.1. The molecule has 0 aliphatic carbocycles. The molecule has 1 aromatic carbocycles. The Morgan fingerprint density at radius 3 is 2.76 bits per heavy atom. The fourth-order valence-electron chi connectivity index (χ4n) is 1.78. The SMILES string of the molecule is O=C1C[C@H](C(=O)O)[C@H](c2ccc(O)c(Cl)c2)O1. The zero-order chi connectivity index (χ0) is 12.6. The van der Waals surface area contributed by atoms with Crippen LogP contribution >= 0.6 is 11.6 Å². The van der Waals surface area contributed by atoms with Crippen LogP contribution in [-0.2, 0) is 14.3 Å². The summed E-state index contributed by atoms with van der Waals surface area (Å²) in [6.07, 6.45) is -1.00. The summed E-state index contributed by atoms with van der Waals surface area (Å²) < 4.78 is 4.96. The van der Waals surface area contributed by atoms with Gasteiger partial charge in [-0.15, -0.1) is 0 Å². The number of carbonyl (C=O) groups excluding carboxylic acids is 1. The molecule has 5 nitrogen and oxygen atoms in total. The van der Waals surface area contributed by atoms with Crippen LogP contribution in [0.5, 0.6) is 5.75 Å². The first-order valence-corrected chi connectivity index (χ1v) is 5.27. The molecule has 0 saturated carbocycles. The minimum absolute atomic E-state index is 0.0922. The van der Waals surface area contributed by atoms with Crippen LogP contribution in [0.25, 0.3) is 0 Å². The Bertz CT molecular complexity index is 485. The second kappa shape index (κ2) is 4.25. The predicted octanol–water partition coefficient (Wildman–Crippen LogP) is 1.73. The van der Waals surface area contributed by atoms with Gasteiger partial charge in [0.1, 0.15) is 17.8 Å². The van der Waals surface area contributed by atoms with Gasteiger partial charge >= 0.3 is 11.9 Å². The van der Waals surface area contributed by atoms with Gasteiger partial charge in [0.2, 0.25) is 0 Å². The number of aromatic hydroxyl groups is 1. The van der Waals surface area contributed by atoms with Crippen LogP contribution in [0, 0.1) is 5.92 Å². The van der Waals surface area contributed by atoms with Crippen LogP contribution in [0.15, 0.2) is 18.2 Å². The topological polar surface area (TPSA) is 83.8 Å². The number of carbonyl (C=O) groups is 2. The average Bonchev–Trinajstić information content (AvgIpc) is 2.64. The first-order valence-electron chi connectivity index (χ1n) is 4.89. The van der Waals surface area contributed by atoms with Crippen molar-refractivity contribution in [1.29, 1.82) is 0 Å². The van der Waals surface area contributed by atoms with Gasteiger partial charge in [-0.3, -0.25) is 9.59 Å². The molecule has 2 N–H and O–H groups in total. The number of benzene rings is 1. The van der Waals surface area contributed by atoms with E-state index in [1.54, 1.807) is 0 Å². The van der Waals surface area contributed by atoms with E-state index in [2.05, 4.69) is 0 Å². The normalized spacial score (nSPS) is 23.5. The molecule has 1 aliphatic heterocycles. The van der Waals surface area contributed by atoms with E-state index in [-0.39, 0.29) is 17.2 Å². The van der Waals surface area contributed by atoms with E-state index < -0.39 is 24.0 Å². The van der Waals surface area contributed by atoms with Gasteiger partial charge in [-0.2, -0.15) is 0 Å². The van der Waals surface area contributed by atoms with Crippen molar-refractivity contribution in [2.75, 3.05) is 0 Å². The third-order valence-corrected chi connectivity index (χ3v) is 2.93. The Morgan fingerprint density at radius 1 is 1.47 bits per heavy atom. The number of carboxylic acid groups (broad SMARTS) is 1. The van der Waals surface area contributed by atoms with Crippen molar-refractivity contribution in [1.82, 2.24) is 0 Å². The largest absolute Gasteiger partial charge is 0.506 e. The Kier molecular flexibility index (Phi) is 2.93. The smallest absolute Gasteiger partial charge is 0.311 e. The molecule has 1 heterocycles. The van der Waals surface area contributed by atoms with Gasteiger partial charge in [0.25, 0.3) is 0 Å². The van der Waals surface area contributed by atoms with Crippen LogP contribution in [0.1, 0.15) is 18.1 Å². The van der Waals surface area contributed by atoms with Gasteiger partial charge in [-0.1, -0.05) is 17.7 Å². The van der Waals surface area contributed by atoms with Crippen molar-refractivity contribution < 1.29 is 24.5 Å². The highest BCUT2D eigenvalue weighted by atomic mass is 35.5. The molecular formula is C11H9ClO5. The summed E-state index contributed by atoms with van der Waals surface area (Å²) in [5.74, 6) is -2.66. The van der Waals surface area contributed by atoms with Crippen LogP contribution in [-0.4, -0.2) is 22.2 Å². The number of ether oxygens (including phenoxy) is 1. The van der Waals surface area contributed by atoms with Gasteiger partial charge in [-0.05, 0) is 17.7 Å². The summed E-state index contributed by atoms with van der Waals surface area (Å²) >= 11 is 5.72. The van der Waals surface area contributed by atoms with E-state index in [0.717, 1.165) is 0 Å². The monoisotopic (exact) mass is 256 g/mol. The van der Waals surface area contributed by atoms with Crippen LogP contribution in [0.3, 0.4) is 0 Å². The number of phenols is 1. The Hall–Kier alpha value is -1.75. The van der Waals surface area contributed by atoms with Gasteiger partial charge < -0.3 is 14.9 Å². The second-order valence-electron chi connectivity index (χ2n) is 3.77. The van der Waals surface area contributed by atoms with E-state index in [1.165, 1.54) is 18.2 Å². The van der Waals surface area contributed by atoms with E-state index in [9.17, 15) is 14.7 Å². The van der Waals surface area contributed by atoms with Crippen LogP contribution in [0.4, 0.5) is 0 Å². The van der Waals surface area contributed by atoms with Crippen LogP contribution < -0.4 is 0 Å². The molecule has 0 spiro atoms. The molecule has 6 heteroatoms. The summed E-state index contributed by atoms with van der Waals surface area (Å²) in [5, 5.41) is 18.3. The maximum Gasteiger partial charge on any atom is 0.311 e. The van der Waals surface area contributed by atoms with Crippen molar-refractivity contribution >= 4 is 23.5 Å². The lowest BCUT2D eigenvalue weighted by Gasteiger charge is -2.14. The highest BCUT2D eigenvalue weighted by molar-refractivity contribution is 6.32. The summed E-state index contributed by atoms with van der Waals surface area (Å²) in [4.78, 5) is 22.1. The lowest BCUT2D eigenvalue weighted by molar-refractivity contribution is -0.144. The number of carboxylic acids is 1. The number of cyclic esters (lactones) is 1. The van der Waals surface area contributed by atoms with Crippen molar-refractivity contribution in [3.05, 3.63) is 28.8 Å². The van der Waals surface area contributed by atoms with Gasteiger partial charge in [0.05, 0.1) is 11.4 Å². The standard InChI is InChI=1S/C11H9ClO5/c12-7-3-5(1-2-8(7)13)10-6(11(15)16)4-9(14)17-10/h1-3,6,10,13H,4H2,(H,15,16)/t6-,10-/m0/s1. The molecule has 17 heavy (non-hydrogen) atoms. The fourth-order valence-corrected chi connectivity index (χ4v) is 1.96. The molecular weight excluding hydrogens is 248 g/mol. The highest BCUT2D eigenvalue weighted by Crippen LogP contribution is 2.37. The Labute approximate surface area is 102 Å². The van der Waals surface area contributed by atoms with Crippen molar-refractivity contribution in [2.45, 2.75) is 12.5 Å². The molecule has 0 amide bonds. The van der Waals surface area contributed by atoms with Gasteiger partial charge in [0.15, 0.2) is 0 Å². The van der Waals surface area contributed by atoms with E-state index >= 15 is 0 Å².